The first-order valence-corrected chi connectivity index (χ1v) is 5.98. The first-order chi connectivity index (χ1) is 9.92. The van der Waals surface area contributed by atoms with Crippen molar-refractivity contribution in [2.45, 2.75) is 12.8 Å². The molecule has 1 amide bonds. The van der Waals surface area contributed by atoms with E-state index < -0.39 is 6.36 Å². The summed E-state index contributed by atoms with van der Waals surface area (Å²) in [6.07, 6.45) is -3.31. The summed E-state index contributed by atoms with van der Waals surface area (Å²) in [4.78, 5) is 15.7. The van der Waals surface area contributed by atoms with E-state index in [-0.39, 0.29) is 18.1 Å². The van der Waals surface area contributed by atoms with Crippen molar-refractivity contribution in [1.29, 1.82) is 0 Å². The first kappa shape index (κ1) is 14.8. The molecule has 2 aromatic rings. The third-order valence-corrected chi connectivity index (χ3v) is 2.43. The van der Waals surface area contributed by atoms with E-state index in [1.165, 1.54) is 24.4 Å². The number of rotatable bonds is 4. The molecule has 0 unspecified atom stereocenters. The van der Waals surface area contributed by atoms with E-state index in [9.17, 15) is 18.0 Å². The second-order valence-electron chi connectivity index (χ2n) is 4.14. The van der Waals surface area contributed by atoms with E-state index in [0.717, 1.165) is 0 Å². The largest absolute Gasteiger partial charge is 0.573 e. The number of hydrogen-bond acceptors (Lipinski definition) is 3. The molecular weight excluding hydrogens is 285 g/mol. The van der Waals surface area contributed by atoms with Crippen molar-refractivity contribution in [2.24, 2.45) is 0 Å². The molecule has 21 heavy (non-hydrogen) atoms. The lowest BCUT2D eigenvalue weighted by Gasteiger charge is -2.10. The van der Waals surface area contributed by atoms with Gasteiger partial charge in [0, 0.05) is 6.20 Å². The van der Waals surface area contributed by atoms with Crippen molar-refractivity contribution in [2.75, 3.05) is 5.32 Å². The molecule has 0 aliphatic rings. The van der Waals surface area contributed by atoms with Gasteiger partial charge < -0.3 is 10.1 Å². The van der Waals surface area contributed by atoms with E-state index in [4.69, 9.17) is 0 Å². The molecule has 0 aliphatic carbocycles. The van der Waals surface area contributed by atoms with Crippen molar-refractivity contribution in [1.82, 2.24) is 4.98 Å². The van der Waals surface area contributed by atoms with Crippen LogP contribution in [0.2, 0.25) is 0 Å². The number of carbonyl (C=O) groups is 1. The molecule has 0 radical (unpaired) electrons. The SMILES string of the molecule is O=C(Cc1cccc(OC(F)(F)F)c1)Nc1ccccn1. The third kappa shape index (κ3) is 5.13. The zero-order chi connectivity index (χ0) is 15.3. The predicted octanol–water partition coefficient (Wildman–Crippen LogP) is 3.16. The molecule has 7 heteroatoms. The van der Waals surface area contributed by atoms with Crippen LogP contribution in [-0.4, -0.2) is 17.3 Å². The van der Waals surface area contributed by atoms with Crippen molar-refractivity contribution < 1.29 is 22.7 Å². The number of anilines is 1. The predicted molar refractivity (Wildman–Crippen MR) is 69.7 cm³/mol. The summed E-state index contributed by atoms with van der Waals surface area (Å²) in [5, 5.41) is 2.55. The van der Waals surface area contributed by atoms with Crippen LogP contribution in [0.3, 0.4) is 0 Å². The number of benzene rings is 1. The van der Waals surface area contributed by atoms with Gasteiger partial charge in [-0.05, 0) is 29.8 Å². The van der Waals surface area contributed by atoms with Crippen LogP contribution in [0, 0.1) is 0 Å². The van der Waals surface area contributed by atoms with Crippen molar-refractivity contribution in [3.63, 3.8) is 0 Å². The Morgan fingerprint density at radius 1 is 1.19 bits per heavy atom. The Kier molecular flexibility index (Phi) is 4.42. The number of nitrogens with zero attached hydrogens (tertiary/aromatic N) is 1. The molecule has 1 heterocycles. The van der Waals surface area contributed by atoms with Gasteiger partial charge in [-0.15, -0.1) is 13.2 Å². The quantitative estimate of drug-likeness (QED) is 0.943. The Balaban J connectivity index is 1.99. The maximum absolute atomic E-state index is 12.1. The summed E-state index contributed by atoms with van der Waals surface area (Å²) in [6, 6.07) is 10.3. The number of nitrogens with one attached hydrogen (secondary N) is 1. The second-order valence-corrected chi connectivity index (χ2v) is 4.14. The van der Waals surface area contributed by atoms with E-state index >= 15 is 0 Å². The van der Waals surface area contributed by atoms with Gasteiger partial charge in [-0.3, -0.25) is 4.79 Å². The van der Waals surface area contributed by atoms with Crippen LogP contribution < -0.4 is 10.1 Å². The van der Waals surface area contributed by atoms with Gasteiger partial charge in [0.05, 0.1) is 6.42 Å². The molecule has 4 nitrogen and oxygen atoms in total. The zero-order valence-corrected chi connectivity index (χ0v) is 10.7. The molecular formula is C14H11F3N2O2. The Hall–Kier alpha value is -2.57. The summed E-state index contributed by atoms with van der Waals surface area (Å²) in [6.45, 7) is 0. The van der Waals surface area contributed by atoms with Gasteiger partial charge in [0.1, 0.15) is 11.6 Å². The van der Waals surface area contributed by atoms with E-state index in [1.54, 1.807) is 24.3 Å². The molecule has 0 bridgehead atoms. The number of pyridine rings is 1. The number of halogens is 3. The highest BCUT2D eigenvalue weighted by Crippen LogP contribution is 2.23. The lowest BCUT2D eigenvalue weighted by atomic mass is 10.1. The first-order valence-electron chi connectivity index (χ1n) is 5.98. The summed E-state index contributed by atoms with van der Waals surface area (Å²) in [5.74, 6) is -0.353. The molecule has 110 valence electrons. The van der Waals surface area contributed by atoms with Crippen LogP contribution in [-0.2, 0) is 11.2 Å². The molecule has 1 aromatic carbocycles. The highest BCUT2D eigenvalue weighted by atomic mass is 19.4. The number of hydrogen-bond donors (Lipinski definition) is 1. The normalized spacial score (nSPS) is 11.0. The molecule has 0 aliphatic heterocycles. The van der Waals surface area contributed by atoms with Crippen LogP contribution >= 0.6 is 0 Å². The lowest BCUT2D eigenvalue weighted by molar-refractivity contribution is -0.274. The van der Waals surface area contributed by atoms with Gasteiger partial charge in [-0.25, -0.2) is 4.98 Å². The van der Waals surface area contributed by atoms with E-state index in [2.05, 4.69) is 15.0 Å². The van der Waals surface area contributed by atoms with Crippen LogP contribution in [0.5, 0.6) is 5.75 Å². The average molecular weight is 296 g/mol. The second kappa shape index (κ2) is 6.25. The van der Waals surface area contributed by atoms with Gasteiger partial charge >= 0.3 is 6.36 Å². The van der Waals surface area contributed by atoms with Crippen LogP contribution in [0.25, 0.3) is 0 Å². The van der Waals surface area contributed by atoms with Gasteiger partial charge in [0.2, 0.25) is 5.91 Å². The summed E-state index contributed by atoms with van der Waals surface area (Å²) < 4.78 is 40.1. The Bertz CT molecular complexity index is 615. The molecule has 1 N–H and O–H groups in total. The van der Waals surface area contributed by atoms with Crippen molar-refractivity contribution in [3.8, 4) is 5.75 Å². The molecule has 0 fully saturated rings. The Morgan fingerprint density at radius 2 is 2.00 bits per heavy atom. The number of amides is 1. The summed E-state index contributed by atoms with van der Waals surface area (Å²) >= 11 is 0. The number of aromatic nitrogens is 1. The van der Waals surface area contributed by atoms with Crippen LogP contribution in [0.15, 0.2) is 48.7 Å². The number of carbonyl (C=O) groups excluding carboxylic acids is 1. The van der Waals surface area contributed by atoms with Gasteiger partial charge in [-0.1, -0.05) is 18.2 Å². The zero-order valence-electron chi connectivity index (χ0n) is 10.7. The standard InChI is InChI=1S/C14H11F3N2O2/c15-14(16,17)21-11-5-3-4-10(8-11)9-13(20)19-12-6-1-2-7-18-12/h1-8H,9H2,(H,18,19,20). The molecule has 0 saturated heterocycles. The van der Waals surface area contributed by atoms with E-state index in [0.29, 0.717) is 11.4 Å². The fourth-order valence-electron chi connectivity index (χ4n) is 1.66. The minimum Gasteiger partial charge on any atom is -0.406 e. The van der Waals surface area contributed by atoms with Crippen molar-refractivity contribution in [3.05, 3.63) is 54.2 Å². The summed E-state index contributed by atoms with van der Waals surface area (Å²) in [5.41, 5.74) is 0.408. The molecule has 2 rings (SSSR count). The number of alkyl halides is 3. The maximum atomic E-state index is 12.1. The lowest BCUT2D eigenvalue weighted by Crippen LogP contribution is -2.18. The van der Waals surface area contributed by atoms with E-state index in [1.807, 2.05) is 0 Å². The van der Waals surface area contributed by atoms with Crippen LogP contribution in [0.4, 0.5) is 19.0 Å². The third-order valence-electron chi connectivity index (χ3n) is 2.43. The molecule has 0 spiro atoms. The Morgan fingerprint density at radius 3 is 2.67 bits per heavy atom. The van der Waals surface area contributed by atoms with Crippen LogP contribution in [0.1, 0.15) is 5.56 Å². The number of ether oxygens (including phenoxy) is 1. The Labute approximate surface area is 118 Å². The molecule has 1 aromatic heterocycles. The summed E-state index contributed by atoms with van der Waals surface area (Å²) in [7, 11) is 0. The molecule has 0 saturated carbocycles. The fraction of sp³-hybridized carbons (Fsp3) is 0.143. The van der Waals surface area contributed by atoms with Crippen molar-refractivity contribution >= 4 is 11.7 Å². The smallest absolute Gasteiger partial charge is 0.406 e. The monoisotopic (exact) mass is 296 g/mol. The minimum atomic E-state index is -4.76. The maximum Gasteiger partial charge on any atom is 0.573 e. The fourth-order valence-corrected chi connectivity index (χ4v) is 1.66. The highest BCUT2D eigenvalue weighted by molar-refractivity contribution is 5.91. The van der Waals surface area contributed by atoms with Gasteiger partial charge in [0.25, 0.3) is 0 Å². The highest BCUT2D eigenvalue weighted by Gasteiger charge is 2.31. The average Bonchev–Trinajstić information content (AvgIpc) is 2.38. The minimum absolute atomic E-state index is 0.0777. The van der Waals surface area contributed by atoms with Gasteiger partial charge in [-0.2, -0.15) is 0 Å². The van der Waals surface area contributed by atoms with Gasteiger partial charge in [0.15, 0.2) is 0 Å². The molecule has 0 atom stereocenters. The topological polar surface area (TPSA) is 51.2 Å².